The second-order valence-corrected chi connectivity index (χ2v) is 6.73. The molecule has 2 aromatic rings. The number of anilines is 2. The van der Waals surface area contributed by atoms with Gasteiger partial charge < -0.3 is 24.4 Å². The SMILES string of the molecule is N#CC(=Cc1ccc(OC(F)F)cc1OC(F)F)C(=O)Nc1ccc(N2CCOCC2)cc1. The summed E-state index contributed by atoms with van der Waals surface area (Å²) < 4.78 is 64.1. The topological polar surface area (TPSA) is 83.8 Å². The molecule has 1 aliphatic heterocycles. The van der Waals surface area contributed by atoms with E-state index in [0.717, 1.165) is 43.1 Å². The van der Waals surface area contributed by atoms with Crippen LogP contribution in [0.1, 0.15) is 5.56 Å². The van der Waals surface area contributed by atoms with E-state index in [0.29, 0.717) is 18.9 Å². The Bertz CT molecular complexity index is 1030. The zero-order chi connectivity index (χ0) is 23.8. The van der Waals surface area contributed by atoms with Crippen LogP contribution in [0.4, 0.5) is 28.9 Å². The van der Waals surface area contributed by atoms with Gasteiger partial charge in [0.2, 0.25) is 0 Å². The van der Waals surface area contributed by atoms with Gasteiger partial charge in [-0.2, -0.15) is 22.8 Å². The predicted octanol–water partition coefficient (Wildman–Crippen LogP) is 4.27. The number of alkyl halides is 4. The Balaban J connectivity index is 1.76. The molecule has 33 heavy (non-hydrogen) atoms. The van der Waals surface area contributed by atoms with E-state index in [1.165, 1.54) is 0 Å². The summed E-state index contributed by atoms with van der Waals surface area (Å²) in [6.45, 7) is -3.68. The lowest BCUT2D eigenvalue weighted by Crippen LogP contribution is -2.36. The number of hydrogen-bond acceptors (Lipinski definition) is 6. The van der Waals surface area contributed by atoms with Crippen LogP contribution in [-0.2, 0) is 9.53 Å². The number of halogens is 4. The molecule has 1 saturated heterocycles. The van der Waals surface area contributed by atoms with Crippen molar-refractivity contribution in [3.05, 3.63) is 53.6 Å². The highest BCUT2D eigenvalue weighted by molar-refractivity contribution is 6.09. The van der Waals surface area contributed by atoms with Crippen molar-refractivity contribution < 1.29 is 36.6 Å². The Labute approximate surface area is 186 Å². The molecule has 0 saturated carbocycles. The quantitative estimate of drug-likeness (QED) is 0.356. The molecule has 0 radical (unpaired) electrons. The molecule has 0 aromatic heterocycles. The number of rotatable bonds is 8. The minimum Gasteiger partial charge on any atom is -0.435 e. The number of carbonyl (C=O) groups excluding carboxylic acids is 1. The molecule has 1 heterocycles. The lowest BCUT2D eigenvalue weighted by Gasteiger charge is -2.28. The van der Waals surface area contributed by atoms with Gasteiger partial charge in [0.25, 0.3) is 5.91 Å². The Morgan fingerprint density at radius 3 is 2.33 bits per heavy atom. The number of nitriles is 1. The summed E-state index contributed by atoms with van der Waals surface area (Å²) in [5.74, 6) is -1.73. The van der Waals surface area contributed by atoms with Crippen LogP contribution in [0, 0.1) is 11.3 Å². The summed E-state index contributed by atoms with van der Waals surface area (Å²) in [5, 5.41) is 11.9. The fourth-order valence-electron chi connectivity index (χ4n) is 3.09. The van der Waals surface area contributed by atoms with E-state index in [1.807, 2.05) is 12.1 Å². The third-order valence-corrected chi connectivity index (χ3v) is 4.59. The van der Waals surface area contributed by atoms with Gasteiger partial charge in [0.1, 0.15) is 23.1 Å². The van der Waals surface area contributed by atoms with Gasteiger partial charge in [0.05, 0.1) is 13.2 Å². The average molecular weight is 465 g/mol. The molecule has 11 heteroatoms. The first-order valence-electron chi connectivity index (χ1n) is 9.75. The molecule has 0 atom stereocenters. The third-order valence-electron chi connectivity index (χ3n) is 4.59. The van der Waals surface area contributed by atoms with Crippen molar-refractivity contribution in [3.63, 3.8) is 0 Å². The number of nitrogens with zero attached hydrogens (tertiary/aromatic N) is 2. The fraction of sp³-hybridized carbons (Fsp3) is 0.273. The standard InChI is InChI=1S/C22H19F4N3O4/c23-21(24)32-18-6-1-14(19(12-18)33-22(25)26)11-15(13-27)20(30)28-16-2-4-17(5-3-16)29-7-9-31-10-8-29/h1-6,11-12,21-22H,7-10H2,(H,28,30). The first kappa shape index (κ1) is 23.9. The maximum absolute atomic E-state index is 12.7. The van der Waals surface area contributed by atoms with Crippen molar-refractivity contribution in [3.8, 4) is 17.6 Å². The van der Waals surface area contributed by atoms with Gasteiger partial charge in [-0.05, 0) is 42.5 Å². The first-order chi connectivity index (χ1) is 15.9. The van der Waals surface area contributed by atoms with E-state index in [4.69, 9.17) is 4.74 Å². The van der Waals surface area contributed by atoms with Crippen LogP contribution in [0.5, 0.6) is 11.5 Å². The maximum Gasteiger partial charge on any atom is 0.387 e. The molecule has 3 rings (SSSR count). The van der Waals surface area contributed by atoms with Gasteiger partial charge in [-0.1, -0.05) is 0 Å². The van der Waals surface area contributed by atoms with Crippen LogP contribution in [0.25, 0.3) is 6.08 Å². The molecular formula is C22H19F4N3O4. The van der Waals surface area contributed by atoms with Crippen molar-refractivity contribution >= 4 is 23.4 Å². The number of hydrogen-bond donors (Lipinski definition) is 1. The minimum absolute atomic E-state index is 0.0914. The number of benzene rings is 2. The molecule has 1 fully saturated rings. The Hall–Kier alpha value is -3.78. The van der Waals surface area contributed by atoms with Crippen molar-refractivity contribution in [2.45, 2.75) is 13.2 Å². The van der Waals surface area contributed by atoms with Gasteiger partial charge in [0, 0.05) is 36.1 Å². The van der Waals surface area contributed by atoms with E-state index in [2.05, 4.69) is 19.7 Å². The summed E-state index contributed by atoms with van der Waals surface area (Å²) in [4.78, 5) is 14.7. The monoisotopic (exact) mass is 465 g/mol. The second-order valence-electron chi connectivity index (χ2n) is 6.73. The molecule has 0 spiro atoms. The van der Waals surface area contributed by atoms with Gasteiger partial charge in [-0.15, -0.1) is 0 Å². The van der Waals surface area contributed by atoms with Gasteiger partial charge in [-0.25, -0.2) is 0 Å². The molecular weight excluding hydrogens is 446 g/mol. The van der Waals surface area contributed by atoms with Crippen LogP contribution < -0.4 is 19.7 Å². The Morgan fingerprint density at radius 1 is 1.06 bits per heavy atom. The molecule has 1 N–H and O–H groups in total. The highest BCUT2D eigenvalue weighted by atomic mass is 19.3. The summed E-state index contributed by atoms with van der Waals surface area (Å²) in [6, 6.07) is 11.7. The molecule has 0 bridgehead atoms. The number of morpholine rings is 1. The van der Waals surface area contributed by atoms with E-state index in [1.54, 1.807) is 18.2 Å². The molecule has 2 aromatic carbocycles. The first-order valence-corrected chi connectivity index (χ1v) is 9.75. The fourth-order valence-corrected chi connectivity index (χ4v) is 3.09. The summed E-state index contributed by atoms with van der Waals surface area (Å²) >= 11 is 0. The summed E-state index contributed by atoms with van der Waals surface area (Å²) in [5.41, 5.74) is 0.871. The van der Waals surface area contributed by atoms with E-state index >= 15 is 0 Å². The highest BCUT2D eigenvalue weighted by Crippen LogP contribution is 2.29. The molecule has 174 valence electrons. The smallest absolute Gasteiger partial charge is 0.387 e. The number of ether oxygens (including phenoxy) is 3. The van der Waals surface area contributed by atoms with Crippen LogP contribution in [-0.4, -0.2) is 45.4 Å². The van der Waals surface area contributed by atoms with Crippen LogP contribution in [0.15, 0.2) is 48.0 Å². The van der Waals surface area contributed by atoms with E-state index < -0.39 is 36.2 Å². The third kappa shape index (κ3) is 6.85. The zero-order valence-corrected chi connectivity index (χ0v) is 17.1. The number of nitrogens with one attached hydrogen (secondary N) is 1. The van der Waals surface area contributed by atoms with Crippen molar-refractivity contribution in [1.29, 1.82) is 5.26 Å². The van der Waals surface area contributed by atoms with E-state index in [9.17, 15) is 27.6 Å². The lowest BCUT2D eigenvalue weighted by molar-refractivity contribution is -0.112. The zero-order valence-electron chi connectivity index (χ0n) is 17.1. The van der Waals surface area contributed by atoms with Crippen LogP contribution in [0.3, 0.4) is 0 Å². The van der Waals surface area contributed by atoms with Gasteiger partial charge >= 0.3 is 13.2 Å². The van der Waals surface area contributed by atoms with Crippen molar-refractivity contribution in [2.75, 3.05) is 36.5 Å². The van der Waals surface area contributed by atoms with Crippen molar-refractivity contribution in [1.82, 2.24) is 0 Å². The highest BCUT2D eigenvalue weighted by Gasteiger charge is 2.16. The molecule has 7 nitrogen and oxygen atoms in total. The largest absolute Gasteiger partial charge is 0.435 e. The number of amides is 1. The second kappa shape index (κ2) is 11.2. The molecule has 0 unspecified atom stereocenters. The summed E-state index contributed by atoms with van der Waals surface area (Å²) in [6.07, 6.45) is 1.02. The normalized spacial score (nSPS) is 14.2. The van der Waals surface area contributed by atoms with Gasteiger partial charge in [0.15, 0.2) is 0 Å². The van der Waals surface area contributed by atoms with Gasteiger partial charge in [-0.3, -0.25) is 4.79 Å². The predicted molar refractivity (Wildman–Crippen MR) is 111 cm³/mol. The van der Waals surface area contributed by atoms with E-state index in [-0.39, 0.29) is 5.56 Å². The van der Waals surface area contributed by atoms with Crippen molar-refractivity contribution in [2.24, 2.45) is 0 Å². The molecule has 1 aliphatic rings. The summed E-state index contributed by atoms with van der Waals surface area (Å²) in [7, 11) is 0. The Kier molecular flexibility index (Phi) is 8.10. The van der Waals surface area contributed by atoms with Crippen LogP contribution in [0.2, 0.25) is 0 Å². The van der Waals surface area contributed by atoms with Crippen LogP contribution >= 0.6 is 0 Å². The Morgan fingerprint density at radius 2 is 1.73 bits per heavy atom. The maximum atomic E-state index is 12.7. The molecule has 1 amide bonds. The minimum atomic E-state index is -3.26. The lowest BCUT2D eigenvalue weighted by atomic mass is 10.1. The molecule has 0 aliphatic carbocycles. The average Bonchev–Trinajstić information content (AvgIpc) is 2.79. The number of carbonyl (C=O) groups is 1.